The molecule has 1 unspecified atom stereocenters. The van der Waals surface area contributed by atoms with Gasteiger partial charge in [-0.15, -0.1) is 0 Å². The summed E-state index contributed by atoms with van der Waals surface area (Å²) >= 11 is 0. The molecule has 0 radical (unpaired) electrons. The quantitative estimate of drug-likeness (QED) is 0.682. The maximum absolute atomic E-state index is 12.3. The molecule has 1 saturated heterocycles. The second-order valence-electron chi connectivity index (χ2n) is 8.47. The van der Waals surface area contributed by atoms with E-state index in [-0.39, 0.29) is 5.56 Å². The van der Waals surface area contributed by atoms with Crippen LogP contribution in [0, 0.1) is 0 Å². The highest BCUT2D eigenvalue weighted by Gasteiger charge is 2.30. The molecule has 0 aliphatic carbocycles. The number of benzene rings is 1. The second kappa shape index (κ2) is 7.43. The van der Waals surface area contributed by atoms with E-state index in [4.69, 9.17) is 0 Å². The number of aromatic amines is 1. The maximum Gasteiger partial charge on any atom is 0.341 e. The highest BCUT2D eigenvalue weighted by molar-refractivity contribution is 5.89. The molecule has 2 aliphatic rings. The fourth-order valence-corrected chi connectivity index (χ4v) is 5.21. The number of aromatic carboxylic acids is 1. The van der Waals surface area contributed by atoms with Gasteiger partial charge in [0.1, 0.15) is 5.56 Å². The highest BCUT2D eigenvalue weighted by atomic mass is 16.4. The first-order chi connectivity index (χ1) is 14.6. The number of likely N-dealkylation sites (tertiary alicyclic amines) is 1. The minimum Gasteiger partial charge on any atom is -0.477 e. The molecule has 0 bridgehead atoms. The Hall–Kier alpha value is -2.86. The van der Waals surface area contributed by atoms with E-state index in [1.807, 2.05) is 13.0 Å². The Kier molecular flexibility index (Phi) is 4.74. The number of nitrogens with one attached hydrogen (secondary N) is 1. The number of pyridine rings is 1. The Morgan fingerprint density at radius 1 is 1.17 bits per heavy atom. The van der Waals surface area contributed by atoms with Crippen molar-refractivity contribution in [2.75, 3.05) is 13.1 Å². The monoisotopic (exact) mass is 405 g/mol. The van der Waals surface area contributed by atoms with Crippen LogP contribution in [0.15, 0.2) is 35.1 Å². The van der Waals surface area contributed by atoms with Crippen LogP contribution in [-0.4, -0.2) is 38.6 Å². The van der Waals surface area contributed by atoms with Crippen LogP contribution in [0.1, 0.15) is 60.4 Å². The van der Waals surface area contributed by atoms with E-state index in [9.17, 15) is 14.7 Å². The Morgan fingerprint density at radius 2 is 1.97 bits per heavy atom. The molecule has 5 rings (SSSR count). The molecule has 3 aromatic rings. The summed E-state index contributed by atoms with van der Waals surface area (Å²) in [7, 11) is 0. The van der Waals surface area contributed by atoms with Gasteiger partial charge in [0.15, 0.2) is 0 Å². The van der Waals surface area contributed by atoms with Gasteiger partial charge in [0.2, 0.25) is 0 Å². The summed E-state index contributed by atoms with van der Waals surface area (Å²) in [5, 5.41) is 10.5. The number of H-pyrrole nitrogens is 1. The molecule has 1 fully saturated rings. The fourth-order valence-electron chi connectivity index (χ4n) is 5.21. The van der Waals surface area contributed by atoms with Crippen molar-refractivity contribution >= 4 is 16.9 Å². The van der Waals surface area contributed by atoms with Crippen molar-refractivity contribution in [3.8, 4) is 11.3 Å². The van der Waals surface area contributed by atoms with E-state index in [0.29, 0.717) is 12.6 Å². The molecule has 0 amide bonds. The molecule has 2 aromatic heterocycles. The summed E-state index contributed by atoms with van der Waals surface area (Å²) in [5.74, 6) is -1.19. The lowest BCUT2D eigenvalue weighted by molar-refractivity contribution is 0.0695. The number of hydrogen-bond acceptors (Lipinski definition) is 3. The Labute approximate surface area is 175 Å². The molecular formula is C24H27N3O3. The molecule has 30 heavy (non-hydrogen) atoms. The fraction of sp³-hybridized carbons (Fsp3) is 0.417. The number of piperidine rings is 1. The van der Waals surface area contributed by atoms with Gasteiger partial charge in [-0.1, -0.05) is 25.5 Å². The number of fused-ring (bicyclic) bond motifs is 3. The normalized spacial score (nSPS) is 19.3. The van der Waals surface area contributed by atoms with E-state index in [1.165, 1.54) is 41.9 Å². The molecule has 0 saturated carbocycles. The van der Waals surface area contributed by atoms with E-state index in [2.05, 4.69) is 32.7 Å². The van der Waals surface area contributed by atoms with Gasteiger partial charge < -0.3 is 14.7 Å². The third-order valence-electron chi connectivity index (χ3n) is 6.71. The van der Waals surface area contributed by atoms with Gasteiger partial charge in [0, 0.05) is 24.3 Å². The van der Waals surface area contributed by atoms with Gasteiger partial charge in [-0.2, -0.15) is 0 Å². The molecular weight excluding hydrogens is 378 g/mol. The molecule has 0 spiro atoms. The topological polar surface area (TPSA) is 78.3 Å². The Bertz CT molecular complexity index is 1180. The SMILES string of the molecule is CCc1cc(C(=O)O)c(=O)[nH]c1-c1ccc2cc3n(c2c1)C(N1CCCCC1)CC3. The summed E-state index contributed by atoms with van der Waals surface area (Å²) in [5.41, 5.74) is 4.30. The van der Waals surface area contributed by atoms with Crippen molar-refractivity contribution < 1.29 is 9.90 Å². The largest absolute Gasteiger partial charge is 0.477 e. The van der Waals surface area contributed by atoms with Crippen molar-refractivity contribution in [1.29, 1.82) is 0 Å². The van der Waals surface area contributed by atoms with Gasteiger partial charge in [-0.05, 0) is 61.3 Å². The molecule has 1 aromatic carbocycles. The van der Waals surface area contributed by atoms with E-state index in [1.54, 1.807) is 0 Å². The van der Waals surface area contributed by atoms with Gasteiger partial charge in [-0.3, -0.25) is 9.69 Å². The molecule has 2 N–H and O–H groups in total. The first kappa shape index (κ1) is 19.1. The number of aryl methyl sites for hydroxylation is 2. The van der Waals surface area contributed by atoms with Crippen LogP contribution in [0.4, 0.5) is 0 Å². The number of nitrogens with zero attached hydrogens (tertiary/aromatic N) is 2. The van der Waals surface area contributed by atoms with E-state index in [0.717, 1.165) is 42.8 Å². The first-order valence-electron chi connectivity index (χ1n) is 10.9. The van der Waals surface area contributed by atoms with Crippen LogP contribution in [0.2, 0.25) is 0 Å². The first-order valence-corrected chi connectivity index (χ1v) is 10.9. The van der Waals surface area contributed by atoms with Crippen molar-refractivity contribution in [3.05, 3.63) is 57.5 Å². The number of rotatable bonds is 4. The summed E-state index contributed by atoms with van der Waals surface area (Å²) < 4.78 is 2.49. The maximum atomic E-state index is 12.3. The van der Waals surface area contributed by atoms with Crippen LogP contribution >= 0.6 is 0 Å². The van der Waals surface area contributed by atoms with Crippen LogP contribution in [0.3, 0.4) is 0 Å². The number of carbonyl (C=O) groups is 1. The average Bonchev–Trinajstić information content (AvgIpc) is 3.33. The number of carboxylic acid groups (broad SMARTS) is 1. The second-order valence-corrected chi connectivity index (χ2v) is 8.47. The number of carboxylic acids is 1. The predicted octanol–water partition coefficient (Wildman–Crippen LogP) is 4.19. The van der Waals surface area contributed by atoms with Crippen molar-refractivity contribution in [1.82, 2.24) is 14.5 Å². The Morgan fingerprint density at radius 3 is 2.70 bits per heavy atom. The zero-order chi connectivity index (χ0) is 20.8. The minimum absolute atomic E-state index is 0.203. The van der Waals surface area contributed by atoms with Crippen LogP contribution < -0.4 is 5.56 Å². The van der Waals surface area contributed by atoms with Crippen LogP contribution in [0.25, 0.3) is 22.2 Å². The standard InChI is InChI=1S/C24H27N3O3/c1-2-15-13-19(24(29)30)23(28)25-22(15)17-7-6-16-12-18-8-9-21(27(18)20(16)14-17)26-10-4-3-5-11-26/h6-7,12-14,21H,2-5,8-11H2,1H3,(H,25,28)(H,29,30). The molecule has 6 heteroatoms. The zero-order valence-corrected chi connectivity index (χ0v) is 17.3. The Balaban J connectivity index is 1.62. The smallest absolute Gasteiger partial charge is 0.341 e. The summed E-state index contributed by atoms with van der Waals surface area (Å²) in [6.07, 6.45) is 7.17. The molecule has 6 nitrogen and oxygen atoms in total. The molecule has 156 valence electrons. The molecule has 2 aliphatic heterocycles. The van der Waals surface area contributed by atoms with Gasteiger partial charge in [0.05, 0.1) is 17.4 Å². The van der Waals surface area contributed by atoms with Crippen LogP contribution in [0.5, 0.6) is 0 Å². The van der Waals surface area contributed by atoms with Gasteiger partial charge >= 0.3 is 5.97 Å². The van der Waals surface area contributed by atoms with Crippen molar-refractivity contribution in [2.45, 2.75) is 51.6 Å². The number of aromatic nitrogens is 2. The highest BCUT2D eigenvalue weighted by Crippen LogP contribution is 2.38. The van der Waals surface area contributed by atoms with Crippen molar-refractivity contribution in [2.24, 2.45) is 0 Å². The lowest BCUT2D eigenvalue weighted by Crippen LogP contribution is -2.35. The lowest BCUT2D eigenvalue weighted by atomic mass is 10.0. The third kappa shape index (κ3) is 3.06. The predicted molar refractivity (Wildman–Crippen MR) is 117 cm³/mol. The minimum atomic E-state index is -1.19. The average molecular weight is 405 g/mol. The molecule has 1 atom stereocenters. The van der Waals surface area contributed by atoms with Gasteiger partial charge in [-0.25, -0.2) is 4.79 Å². The van der Waals surface area contributed by atoms with Crippen LogP contribution in [-0.2, 0) is 12.8 Å². The summed E-state index contributed by atoms with van der Waals surface area (Å²) in [6, 6.07) is 10.1. The summed E-state index contributed by atoms with van der Waals surface area (Å²) in [4.78, 5) is 29.2. The van der Waals surface area contributed by atoms with E-state index < -0.39 is 11.5 Å². The zero-order valence-electron chi connectivity index (χ0n) is 17.3. The lowest BCUT2D eigenvalue weighted by Gasteiger charge is -2.33. The molecule has 4 heterocycles. The third-order valence-corrected chi connectivity index (χ3v) is 6.71. The number of hydrogen-bond donors (Lipinski definition) is 2. The van der Waals surface area contributed by atoms with Gasteiger partial charge in [0.25, 0.3) is 5.56 Å². The summed E-state index contributed by atoms with van der Waals surface area (Å²) in [6.45, 7) is 4.30. The van der Waals surface area contributed by atoms with E-state index >= 15 is 0 Å². The van der Waals surface area contributed by atoms with Crippen molar-refractivity contribution in [3.63, 3.8) is 0 Å².